The van der Waals surface area contributed by atoms with Crippen LogP contribution in [0.15, 0.2) is 27.8 Å². The molecule has 106 valence electrons. The summed E-state index contributed by atoms with van der Waals surface area (Å²) in [5, 5.41) is 2.70. The van der Waals surface area contributed by atoms with Gasteiger partial charge in [-0.25, -0.2) is 4.79 Å². The highest BCUT2D eigenvalue weighted by molar-refractivity contribution is 6.31. The SMILES string of the molecule is Cn1c(=O)n(N2CCOCC2)c(=O)c2ccc(Cl)cc21. The van der Waals surface area contributed by atoms with E-state index < -0.39 is 0 Å². The molecule has 6 nitrogen and oxygen atoms in total. The van der Waals surface area contributed by atoms with Crippen LogP contribution in [-0.2, 0) is 11.8 Å². The Morgan fingerprint density at radius 1 is 1.20 bits per heavy atom. The van der Waals surface area contributed by atoms with E-state index in [2.05, 4.69) is 0 Å². The molecule has 3 rings (SSSR count). The fourth-order valence-corrected chi connectivity index (χ4v) is 2.58. The molecule has 1 aromatic carbocycles. The topological polar surface area (TPSA) is 56.5 Å². The molecule has 20 heavy (non-hydrogen) atoms. The second-order valence-electron chi connectivity index (χ2n) is 4.69. The van der Waals surface area contributed by atoms with E-state index in [-0.39, 0.29) is 11.2 Å². The van der Waals surface area contributed by atoms with Crippen molar-refractivity contribution < 1.29 is 4.74 Å². The number of rotatable bonds is 1. The van der Waals surface area contributed by atoms with Gasteiger partial charge in [-0.05, 0) is 18.2 Å². The molecule has 0 aliphatic carbocycles. The van der Waals surface area contributed by atoms with Crippen LogP contribution >= 0.6 is 11.6 Å². The Balaban J connectivity index is 2.30. The fraction of sp³-hybridized carbons (Fsp3) is 0.385. The van der Waals surface area contributed by atoms with Crippen molar-refractivity contribution in [2.45, 2.75) is 0 Å². The number of hydrogen-bond donors (Lipinski definition) is 0. The Morgan fingerprint density at radius 3 is 2.60 bits per heavy atom. The molecule has 1 fully saturated rings. The second kappa shape index (κ2) is 4.96. The maximum absolute atomic E-state index is 12.5. The monoisotopic (exact) mass is 295 g/mol. The van der Waals surface area contributed by atoms with Crippen molar-refractivity contribution in [2.24, 2.45) is 7.05 Å². The summed E-state index contributed by atoms with van der Waals surface area (Å²) in [6.07, 6.45) is 0. The summed E-state index contributed by atoms with van der Waals surface area (Å²) in [4.78, 5) is 25.0. The Morgan fingerprint density at radius 2 is 1.90 bits per heavy atom. The second-order valence-corrected chi connectivity index (χ2v) is 5.12. The largest absolute Gasteiger partial charge is 0.378 e. The van der Waals surface area contributed by atoms with E-state index in [1.54, 1.807) is 30.3 Å². The minimum atomic E-state index is -0.369. The van der Waals surface area contributed by atoms with Crippen LogP contribution in [0.25, 0.3) is 10.9 Å². The number of halogens is 1. The molecule has 2 heterocycles. The van der Waals surface area contributed by atoms with Crippen molar-refractivity contribution in [2.75, 3.05) is 31.3 Å². The normalized spacial score (nSPS) is 15.8. The zero-order valence-corrected chi connectivity index (χ0v) is 11.8. The van der Waals surface area contributed by atoms with Gasteiger partial charge in [0, 0.05) is 12.1 Å². The zero-order chi connectivity index (χ0) is 14.3. The van der Waals surface area contributed by atoms with E-state index in [1.165, 1.54) is 9.24 Å². The summed E-state index contributed by atoms with van der Waals surface area (Å²) in [5.41, 5.74) is -0.148. The van der Waals surface area contributed by atoms with Crippen LogP contribution in [0, 0.1) is 0 Å². The van der Waals surface area contributed by atoms with Gasteiger partial charge in [-0.15, -0.1) is 0 Å². The molecule has 0 unspecified atom stereocenters. The van der Waals surface area contributed by atoms with Crippen molar-refractivity contribution in [3.05, 3.63) is 44.1 Å². The van der Waals surface area contributed by atoms with E-state index in [1.807, 2.05) is 0 Å². The van der Waals surface area contributed by atoms with Crippen molar-refractivity contribution in [3.8, 4) is 0 Å². The van der Waals surface area contributed by atoms with Crippen molar-refractivity contribution in [1.29, 1.82) is 0 Å². The molecule has 0 radical (unpaired) electrons. The van der Waals surface area contributed by atoms with Crippen molar-refractivity contribution >= 4 is 22.5 Å². The maximum atomic E-state index is 12.5. The van der Waals surface area contributed by atoms with Gasteiger partial charge in [-0.2, -0.15) is 4.68 Å². The van der Waals surface area contributed by atoms with Gasteiger partial charge in [-0.1, -0.05) is 11.6 Å². The lowest BCUT2D eigenvalue weighted by Gasteiger charge is -2.29. The highest BCUT2D eigenvalue weighted by Gasteiger charge is 2.18. The highest BCUT2D eigenvalue weighted by Crippen LogP contribution is 2.14. The predicted octanol–water partition coefficient (Wildman–Crippen LogP) is 0.322. The van der Waals surface area contributed by atoms with Gasteiger partial charge in [0.05, 0.1) is 37.2 Å². The predicted molar refractivity (Wildman–Crippen MR) is 77.2 cm³/mol. The average Bonchev–Trinajstić information content (AvgIpc) is 2.46. The molecule has 0 bridgehead atoms. The summed E-state index contributed by atoms with van der Waals surface area (Å²) in [7, 11) is 1.64. The maximum Gasteiger partial charge on any atom is 0.350 e. The molecule has 0 atom stereocenters. The van der Waals surface area contributed by atoms with Crippen LogP contribution in [0.2, 0.25) is 5.02 Å². The molecule has 1 aromatic heterocycles. The zero-order valence-electron chi connectivity index (χ0n) is 11.0. The molecule has 0 spiro atoms. The van der Waals surface area contributed by atoms with Gasteiger partial charge in [0.1, 0.15) is 0 Å². The summed E-state index contributed by atoms with van der Waals surface area (Å²) in [5.74, 6) is 0. The number of aryl methyl sites for hydroxylation is 1. The lowest BCUT2D eigenvalue weighted by molar-refractivity contribution is 0.110. The Labute approximate surface area is 119 Å². The molecule has 7 heteroatoms. The lowest BCUT2D eigenvalue weighted by atomic mass is 10.2. The molecule has 0 N–H and O–H groups in total. The quantitative estimate of drug-likeness (QED) is 0.760. The molecule has 1 aliphatic heterocycles. The molecular weight excluding hydrogens is 282 g/mol. The summed E-state index contributed by atoms with van der Waals surface area (Å²) in [6, 6.07) is 4.93. The van der Waals surface area contributed by atoms with Gasteiger partial charge in [-0.3, -0.25) is 9.36 Å². The summed E-state index contributed by atoms with van der Waals surface area (Å²) >= 11 is 5.93. The molecule has 1 aliphatic rings. The van der Waals surface area contributed by atoms with Crippen LogP contribution in [0.3, 0.4) is 0 Å². The van der Waals surface area contributed by atoms with E-state index in [4.69, 9.17) is 16.3 Å². The third-order valence-electron chi connectivity index (χ3n) is 3.48. The summed E-state index contributed by atoms with van der Waals surface area (Å²) < 4.78 is 7.89. The number of morpholine rings is 1. The number of fused-ring (bicyclic) bond motifs is 1. The Kier molecular flexibility index (Phi) is 3.27. The summed E-state index contributed by atoms with van der Waals surface area (Å²) in [6.45, 7) is 2.06. The third kappa shape index (κ3) is 2.01. The number of hydrogen-bond acceptors (Lipinski definition) is 4. The van der Waals surface area contributed by atoms with E-state index in [0.717, 1.165) is 0 Å². The van der Waals surface area contributed by atoms with E-state index >= 15 is 0 Å². The molecule has 2 aromatic rings. The minimum Gasteiger partial charge on any atom is -0.378 e. The smallest absolute Gasteiger partial charge is 0.350 e. The average molecular weight is 296 g/mol. The molecular formula is C13H14ClN3O3. The van der Waals surface area contributed by atoms with Crippen LogP contribution in [0.4, 0.5) is 0 Å². The first-order valence-electron chi connectivity index (χ1n) is 6.34. The van der Waals surface area contributed by atoms with Crippen LogP contribution < -0.4 is 16.3 Å². The van der Waals surface area contributed by atoms with Crippen molar-refractivity contribution in [1.82, 2.24) is 9.24 Å². The van der Waals surface area contributed by atoms with Gasteiger partial charge in [0.2, 0.25) is 0 Å². The highest BCUT2D eigenvalue weighted by atomic mass is 35.5. The minimum absolute atomic E-state index is 0.318. The molecule has 0 saturated carbocycles. The Bertz CT molecular complexity index is 775. The van der Waals surface area contributed by atoms with Crippen LogP contribution in [0.1, 0.15) is 0 Å². The van der Waals surface area contributed by atoms with Crippen molar-refractivity contribution in [3.63, 3.8) is 0 Å². The van der Waals surface area contributed by atoms with Gasteiger partial charge in [0.15, 0.2) is 0 Å². The fourth-order valence-electron chi connectivity index (χ4n) is 2.41. The lowest BCUT2D eigenvalue weighted by Crippen LogP contribution is -2.56. The van der Waals surface area contributed by atoms with E-state index in [9.17, 15) is 9.59 Å². The number of aromatic nitrogens is 2. The van der Waals surface area contributed by atoms with Crippen LogP contribution in [0.5, 0.6) is 0 Å². The van der Waals surface area contributed by atoms with Crippen LogP contribution in [-0.4, -0.2) is 35.5 Å². The number of ether oxygens (including phenoxy) is 1. The van der Waals surface area contributed by atoms with Gasteiger partial charge in [0.25, 0.3) is 5.56 Å². The Hall–Kier alpha value is -1.79. The standard InChI is InChI=1S/C13H14ClN3O3/c1-15-11-8-9(14)2-3-10(11)12(18)17(13(15)19)16-4-6-20-7-5-16/h2-3,8H,4-7H2,1H3. The molecule has 0 amide bonds. The van der Waals surface area contributed by atoms with Gasteiger partial charge < -0.3 is 9.75 Å². The first-order chi connectivity index (χ1) is 9.59. The van der Waals surface area contributed by atoms with E-state index in [0.29, 0.717) is 42.2 Å². The first-order valence-corrected chi connectivity index (χ1v) is 6.71. The first kappa shape index (κ1) is 13.2. The van der Waals surface area contributed by atoms with Gasteiger partial charge >= 0.3 is 5.69 Å². The molecule has 1 saturated heterocycles. The number of benzene rings is 1. The number of nitrogens with zero attached hydrogens (tertiary/aromatic N) is 3. The third-order valence-corrected chi connectivity index (χ3v) is 3.72.